The van der Waals surface area contributed by atoms with E-state index in [1.807, 2.05) is 67.7 Å². The second-order valence-corrected chi connectivity index (χ2v) is 22.5. The molecule has 1 atom stereocenters. The van der Waals surface area contributed by atoms with Crippen molar-refractivity contribution in [1.29, 1.82) is 0 Å². The van der Waals surface area contributed by atoms with Crippen LogP contribution in [-0.2, 0) is 20.1 Å². The zero-order chi connectivity index (χ0) is 42.7. The maximum atomic E-state index is 9.11. The maximum Gasteiger partial charge on any atom is 0.0795 e. The van der Waals surface area contributed by atoms with Crippen molar-refractivity contribution in [3.8, 4) is 55.9 Å². The van der Waals surface area contributed by atoms with Crippen LogP contribution in [-0.4, -0.2) is 18.0 Å². The molecule has 0 bridgehead atoms. The van der Waals surface area contributed by atoms with E-state index in [1.165, 1.54) is 58.7 Å². The number of rotatable bonds is 8. The molecule has 62 heavy (non-hydrogen) atoms. The summed E-state index contributed by atoms with van der Waals surface area (Å²) in [6, 6.07) is 72.0. The molecule has 3 heterocycles. The van der Waals surface area contributed by atoms with E-state index < -0.39 is 14.0 Å². The van der Waals surface area contributed by atoms with Crippen molar-refractivity contribution in [3.63, 3.8) is 0 Å². The number of hydrogen-bond donors (Lipinski definition) is 0. The molecule has 7 aromatic carbocycles. The molecular formula is C57H46IrN2SSi-2. The molecule has 10 aromatic rings. The van der Waals surface area contributed by atoms with Crippen molar-refractivity contribution >= 4 is 44.8 Å². The van der Waals surface area contributed by atoms with Crippen LogP contribution in [0.3, 0.4) is 0 Å². The van der Waals surface area contributed by atoms with E-state index in [4.69, 9.17) is 1.37 Å². The summed E-state index contributed by atoms with van der Waals surface area (Å²) in [5, 5.41) is 3.83. The molecule has 1 radical (unpaired) electrons. The van der Waals surface area contributed by atoms with Crippen molar-refractivity contribution in [3.05, 3.63) is 224 Å². The third kappa shape index (κ3) is 9.38. The molecule has 0 aliphatic carbocycles. The smallest absolute Gasteiger partial charge is 0.0795 e. The van der Waals surface area contributed by atoms with Crippen molar-refractivity contribution < 1.29 is 21.5 Å². The van der Waals surface area contributed by atoms with Crippen molar-refractivity contribution in [2.24, 2.45) is 0 Å². The summed E-state index contributed by atoms with van der Waals surface area (Å²) in [7, 11) is -1.28. The first-order chi connectivity index (χ1) is 30.1. The number of nitrogens with zero attached hydrogens (tertiary/aromatic N) is 2. The zero-order valence-corrected chi connectivity index (χ0v) is 39.4. The summed E-state index contributed by atoms with van der Waals surface area (Å²) in [6.45, 7) is 8.95. The molecule has 5 heteroatoms. The molecule has 0 spiro atoms. The van der Waals surface area contributed by atoms with Crippen LogP contribution in [0.5, 0.6) is 0 Å². The Hall–Kier alpha value is -6.07. The van der Waals surface area contributed by atoms with Crippen LogP contribution in [0, 0.1) is 12.1 Å². The Labute approximate surface area is 385 Å². The van der Waals surface area contributed by atoms with Crippen LogP contribution in [0.2, 0.25) is 19.6 Å². The fourth-order valence-electron chi connectivity index (χ4n) is 7.70. The Balaban J connectivity index is 0.000000201. The standard InChI is InChI=1S/C37H26NS.C20H20NSi.Ir/c1-25(26-10-4-2-5-11-26)28-20-21-38-35(23-28)30-17-19-36-34(22-30)33-18-16-29(24-37(33)39-36)32-15-9-8-14-31(32)27-12-6-3-7-13-27;1-22(2,3)19-13-14-20(21-15-19)18-11-9-17(10-12-18)16-7-5-4-6-8-16;/h2-16,18-25H,1H3;4-11,13-15H,1-3H3;/q2*-1;/i25D;;. The number of thiophene rings is 1. The van der Waals surface area contributed by atoms with Gasteiger partial charge in [-0.25, -0.2) is 0 Å². The summed E-state index contributed by atoms with van der Waals surface area (Å²) in [4.78, 5) is 9.29. The van der Waals surface area contributed by atoms with Gasteiger partial charge in [0, 0.05) is 44.5 Å². The van der Waals surface area contributed by atoms with Gasteiger partial charge in [0.05, 0.1) is 8.07 Å². The minimum absolute atomic E-state index is 0. The molecule has 3 aromatic heterocycles. The van der Waals surface area contributed by atoms with Gasteiger partial charge in [-0.3, -0.25) is 0 Å². The third-order valence-corrected chi connectivity index (χ3v) is 14.4. The fraction of sp³-hybridized carbons (Fsp3) is 0.0877. The van der Waals surface area contributed by atoms with Gasteiger partial charge < -0.3 is 9.97 Å². The van der Waals surface area contributed by atoms with Gasteiger partial charge >= 0.3 is 0 Å². The number of pyridine rings is 2. The molecule has 0 aliphatic heterocycles. The van der Waals surface area contributed by atoms with Crippen LogP contribution >= 0.6 is 11.3 Å². The predicted molar refractivity (Wildman–Crippen MR) is 263 cm³/mol. The molecule has 1 unspecified atom stereocenters. The Kier molecular flexibility index (Phi) is 12.6. The van der Waals surface area contributed by atoms with E-state index >= 15 is 0 Å². The van der Waals surface area contributed by atoms with Gasteiger partial charge in [-0.1, -0.05) is 189 Å². The minimum Gasteiger partial charge on any atom is -0.305 e. The van der Waals surface area contributed by atoms with Crippen LogP contribution in [0.4, 0.5) is 0 Å². The van der Waals surface area contributed by atoms with Gasteiger partial charge in [-0.15, -0.1) is 53.6 Å². The van der Waals surface area contributed by atoms with Crippen LogP contribution in [0.1, 0.15) is 25.3 Å². The van der Waals surface area contributed by atoms with E-state index in [-0.39, 0.29) is 20.1 Å². The molecule has 0 N–H and O–H groups in total. The molecule has 0 saturated heterocycles. The molecule has 2 nitrogen and oxygen atoms in total. The van der Waals surface area contributed by atoms with E-state index in [9.17, 15) is 0 Å². The molecule has 305 valence electrons. The number of aromatic nitrogens is 2. The molecule has 0 amide bonds. The van der Waals surface area contributed by atoms with Crippen molar-refractivity contribution in [2.45, 2.75) is 32.5 Å². The maximum absolute atomic E-state index is 9.11. The van der Waals surface area contributed by atoms with E-state index in [0.717, 1.165) is 33.6 Å². The fourth-order valence-corrected chi connectivity index (χ4v) is 9.84. The molecule has 0 fully saturated rings. The topological polar surface area (TPSA) is 25.8 Å². The quantitative estimate of drug-likeness (QED) is 0.112. The SMILES string of the molecule is C[Si](C)(C)c1ccc(-c2[c-]cc(-c3ccccc3)cc2)nc1.[2H]C(C)(c1ccccc1)c1ccnc(-c2[c-]cc3sc4cc(-c5ccccc5-c5ccccc5)ccc4c3c2)c1.[Ir]. The second-order valence-electron chi connectivity index (χ2n) is 16.3. The average Bonchev–Trinajstić information content (AvgIpc) is 3.70. The normalized spacial score (nSPS) is 12.4. The summed E-state index contributed by atoms with van der Waals surface area (Å²) >= 11 is 1.80. The van der Waals surface area contributed by atoms with Crippen molar-refractivity contribution in [1.82, 2.24) is 9.97 Å². The Morgan fingerprint density at radius 1 is 0.516 bits per heavy atom. The van der Waals surface area contributed by atoms with E-state index in [2.05, 4.69) is 175 Å². The Morgan fingerprint density at radius 2 is 1.16 bits per heavy atom. The second kappa shape index (κ2) is 18.9. The molecule has 0 saturated carbocycles. The zero-order valence-electron chi connectivity index (χ0n) is 36.2. The van der Waals surface area contributed by atoms with Crippen LogP contribution in [0.25, 0.3) is 76.1 Å². The van der Waals surface area contributed by atoms with Gasteiger partial charge in [0.25, 0.3) is 0 Å². The third-order valence-electron chi connectivity index (χ3n) is 11.2. The van der Waals surface area contributed by atoms with E-state index in [1.54, 1.807) is 17.5 Å². The monoisotopic (exact) mass is 1010 g/mol. The summed E-state index contributed by atoms with van der Waals surface area (Å²) < 4.78 is 11.6. The first kappa shape index (κ1) is 41.3. The van der Waals surface area contributed by atoms with Crippen LogP contribution in [0.15, 0.2) is 200 Å². The van der Waals surface area contributed by atoms with Gasteiger partial charge in [-0.2, -0.15) is 11.3 Å². The Morgan fingerprint density at radius 3 is 1.82 bits per heavy atom. The van der Waals surface area contributed by atoms with E-state index in [0.29, 0.717) is 0 Å². The minimum atomic E-state index is -1.28. The van der Waals surface area contributed by atoms with Gasteiger partial charge in [0.2, 0.25) is 0 Å². The summed E-state index contributed by atoms with van der Waals surface area (Å²) in [5.74, 6) is -0.870. The largest absolute Gasteiger partial charge is 0.305 e. The van der Waals surface area contributed by atoms with Gasteiger partial charge in [0.15, 0.2) is 0 Å². The van der Waals surface area contributed by atoms with Gasteiger partial charge in [-0.05, 0) is 72.2 Å². The first-order valence-corrected chi connectivity index (χ1v) is 25.0. The summed E-state index contributed by atoms with van der Waals surface area (Å²) in [6.07, 6.45) is 3.83. The number of hydrogen-bond acceptors (Lipinski definition) is 3. The molecule has 0 aliphatic rings. The average molecular weight is 1010 g/mol. The van der Waals surface area contributed by atoms with Gasteiger partial charge in [0.1, 0.15) is 0 Å². The number of fused-ring (bicyclic) bond motifs is 3. The molecular weight excluding hydrogens is 965 g/mol. The van der Waals surface area contributed by atoms with Crippen molar-refractivity contribution in [2.75, 3.05) is 0 Å². The predicted octanol–water partition coefficient (Wildman–Crippen LogP) is 15.2. The number of benzene rings is 7. The summed E-state index contributed by atoms with van der Waals surface area (Å²) in [5.41, 5.74) is 13.0. The van der Waals surface area contributed by atoms with Crippen LogP contribution < -0.4 is 5.19 Å². The molecule has 10 rings (SSSR count). The first-order valence-electron chi connectivity index (χ1n) is 21.2. The Bertz CT molecular complexity index is 3110.